The molecule has 0 aromatic heterocycles. The molecule has 0 N–H and O–H groups in total. The first-order valence-corrected chi connectivity index (χ1v) is 5.51. The lowest BCUT2D eigenvalue weighted by atomic mass is 9.52. The Labute approximate surface area is 79.2 Å². The molecule has 2 bridgehead atoms. The molecule has 4 aliphatic carbocycles. The van der Waals surface area contributed by atoms with Gasteiger partial charge < -0.3 is 0 Å². The molecule has 0 aromatic rings. The second-order valence-electron chi connectivity index (χ2n) is 5.02. The Morgan fingerprint density at radius 3 is 3.15 bits per heavy atom. The molecule has 3 atom stereocenters. The molecule has 4 rings (SSSR count). The molecule has 4 aliphatic rings. The fourth-order valence-corrected chi connectivity index (χ4v) is 3.64. The van der Waals surface area contributed by atoms with E-state index in [2.05, 4.69) is 12.2 Å². The molecule has 2 unspecified atom stereocenters. The van der Waals surface area contributed by atoms with Crippen molar-refractivity contribution in [1.29, 1.82) is 0 Å². The van der Waals surface area contributed by atoms with Crippen molar-refractivity contribution in [2.75, 3.05) is 0 Å². The first-order chi connectivity index (χ1) is 6.30. The van der Waals surface area contributed by atoms with Gasteiger partial charge in [0, 0.05) is 12.3 Å². The van der Waals surface area contributed by atoms with Crippen LogP contribution in [-0.2, 0) is 4.79 Å². The number of carbonyl (C=O) groups is 1. The summed E-state index contributed by atoms with van der Waals surface area (Å²) < 4.78 is 0. The van der Waals surface area contributed by atoms with Crippen LogP contribution in [0.2, 0.25) is 0 Å². The number of ketones is 1. The standard InChI is InChI=1S/C12H16O/c13-11-8-12-5-2-1-3-10(12)7-9(11)4-6-12/h2,5,9-10H,1,3-4,6-8H2/t9?,10-,12?/m1/s1. The van der Waals surface area contributed by atoms with Crippen LogP contribution in [0.3, 0.4) is 0 Å². The Kier molecular flexibility index (Phi) is 1.47. The van der Waals surface area contributed by atoms with Crippen molar-refractivity contribution in [1.82, 2.24) is 0 Å². The molecule has 0 aromatic carbocycles. The molecule has 70 valence electrons. The topological polar surface area (TPSA) is 17.1 Å². The van der Waals surface area contributed by atoms with Crippen LogP contribution in [0.5, 0.6) is 0 Å². The third-order valence-corrected chi connectivity index (χ3v) is 4.43. The van der Waals surface area contributed by atoms with Gasteiger partial charge in [-0.2, -0.15) is 0 Å². The zero-order valence-electron chi connectivity index (χ0n) is 7.96. The Morgan fingerprint density at radius 1 is 1.38 bits per heavy atom. The molecule has 3 fully saturated rings. The third-order valence-electron chi connectivity index (χ3n) is 4.43. The van der Waals surface area contributed by atoms with Crippen molar-refractivity contribution in [3.63, 3.8) is 0 Å². The highest BCUT2D eigenvalue weighted by molar-refractivity contribution is 5.84. The van der Waals surface area contributed by atoms with Gasteiger partial charge in [0.1, 0.15) is 5.78 Å². The average molecular weight is 176 g/mol. The summed E-state index contributed by atoms with van der Waals surface area (Å²) in [5.74, 6) is 1.83. The summed E-state index contributed by atoms with van der Waals surface area (Å²) in [6.45, 7) is 0. The average Bonchev–Trinajstić information content (AvgIpc) is 2.16. The molecule has 1 nitrogen and oxygen atoms in total. The van der Waals surface area contributed by atoms with Crippen molar-refractivity contribution in [2.45, 2.75) is 38.5 Å². The molecule has 1 spiro atoms. The Bertz CT molecular complexity index is 279. The molecule has 0 aliphatic heterocycles. The van der Waals surface area contributed by atoms with Crippen LogP contribution in [0.1, 0.15) is 38.5 Å². The minimum absolute atomic E-state index is 0.323. The summed E-state index contributed by atoms with van der Waals surface area (Å²) in [7, 11) is 0. The van der Waals surface area contributed by atoms with E-state index in [1.54, 1.807) is 0 Å². The largest absolute Gasteiger partial charge is 0.299 e. The van der Waals surface area contributed by atoms with Gasteiger partial charge in [-0.05, 0) is 43.4 Å². The maximum absolute atomic E-state index is 11.7. The number of carbonyl (C=O) groups excluding carboxylic acids is 1. The highest BCUT2D eigenvalue weighted by Gasteiger charge is 2.50. The van der Waals surface area contributed by atoms with Gasteiger partial charge in [0.15, 0.2) is 0 Å². The van der Waals surface area contributed by atoms with E-state index in [9.17, 15) is 4.79 Å². The van der Waals surface area contributed by atoms with Crippen LogP contribution in [-0.4, -0.2) is 5.78 Å². The second-order valence-corrected chi connectivity index (χ2v) is 5.02. The summed E-state index contributed by atoms with van der Waals surface area (Å²) in [4.78, 5) is 11.7. The summed E-state index contributed by atoms with van der Waals surface area (Å²) in [5, 5.41) is 0. The van der Waals surface area contributed by atoms with Gasteiger partial charge in [0.2, 0.25) is 0 Å². The number of hydrogen-bond acceptors (Lipinski definition) is 1. The van der Waals surface area contributed by atoms with Gasteiger partial charge in [-0.15, -0.1) is 0 Å². The highest BCUT2D eigenvalue weighted by atomic mass is 16.1. The predicted molar refractivity (Wildman–Crippen MR) is 51.3 cm³/mol. The van der Waals surface area contributed by atoms with E-state index >= 15 is 0 Å². The minimum atomic E-state index is 0.323. The first-order valence-electron chi connectivity index (χ1n) is 5.51. The lowest BCUT2D eigenvalue weighted by molar-refractivity contribution is -0.135. The van der Waals surface area contributed by atoms with E-state index in [0.29, 0.717) is 17.1 Å². The minimum Gasteiger partial charge on any atom is -0.299 e. The second kappa shape index (κ2) is 2.46. The summed E-state index contributed by atoms with van der Waals surface area (Å²) in [6, 6.07) is 0. The van der Waals surface area contributed by atoms with Gasteiger partial charge in [0.25, 0.3) is 0 Å². The smallest absolute Gasteiger partial charge is 0.136 e. The SMILES string of the molecule is O=C1CC23C=CCC[C@@H]2CC1CC3. The predicted octanol–water partition coefficient (Wildman–Crippen LogP) is 2.71. The van der Waals surface area contributed by atoms with Gasteiger partial charge in [-0.1, -0.05) is 12.2 Å². The fourth-order valence-electron chi connectivity index (χ4n) is 3.64. The number of allylic oxidation sites excluding steroid dienone is 2. The number of rotatable bonds is 0. The fraction of sp³-hybridized carbons (Fsp3) is 0.750. The van der Waals surface area contributed by atoms with Crippen LogP contribution in [0.15, 0.2) is 12.2 Å². The molecule has 13 heavy (non-hydrogen) atoms. The summed E-state index contributed by atoms with van der Waals surface area (Å²) in [5.41, 5.74) is 0.323. The Balaban J connectivity index is 2.01. The molecule has 0 heterocycles. The van der Waals surface area contributed by atoms with Crippen molar-refractivity contribution < 1.29 is 4.79 Å². The van der Waals surface area contributed by atoms with Crippen LogP contribution >= 0.6 is 0 Å². The Hall–Kier alpha value is -0.590. The first kappa shape index (κ1) is 7.78. The van der Waals surface area contributed by atoms with Crippen molar-refractivity contribution in [3.05, 3.63) is 12.2 Å². The van der Waals surface area contributed by atoms with Crippen molar-refractivity contribution in [3.8, 4) is 0 Å². The van der Waals surface area contributed by atoms with Crippen LogP contribution in [0.4, 0.5) is 0 Å². The van der Waals surface area contributed by atoms with Crippen LogP contribution in [0.25, 0.3) is 0 Å². The molecule has 0 saturated heterocycles. The van der Waals surface area contributed by atoms with Crippen molar-refractivity contribution in [2.24, 2.45) is 17.3 Å². The Morgan fingerprint density at radius 2 is 2.31 bits per heavy atom. The van der Waals surface area contributed by atoms with E-state index in [-0.39, 0.29) is 0 Å². The monoisotopic (exact) mass is 176 g/mol. The van der Waals surface area contributed by atoms with Gasteiger partial charge in [-0.25, -0.2) is 0 Å². The molecule has 3 saturated carbocycles. The van der Waals surface area contributed by atoms with Crippen molar-refractivity contribution >= 4 is 5.78 Å². The number of fused-ring (bicyclic) bond motifs is 2. The van der Waals surface area contributed by atoms with E-state index in [4.69, 9.17) is 0 Å². The molecule has 0 radical (unpaired) electrons. The van der Waals surface area contributed by atoms with E-state index < -0.39 is 0 Å². The van der Waals surface area contributed by atoms with Gasteiger partial charge in [-0.3, -0.25) is 4.79 Å². The van der Waals surface area contributed by atoms with E-state index in [1.165, 1.54) is 32.1 Å². The zero-order chi connectivity index (χ0) is 8.89. The third kappa shape index (κ3) is 0.962. The molecule has 1 heteroatoms. The maximum Gasteiger partial charge on any atom is 0.136 e. The van der Waals surface area contributed by atoms with Gasteiger partial charge >= 0.3 is 0 Å². The summed E-state index contributed by atoms with van der Waals surface area (Å²) >= 11 is 0. The lowest BCUT2D eigenvalue weighted by Crippen LogP contribution is -2.46. The molecular weight excluding hydrogens is 160 g/mol. The highest BCUT2D eigenvalue weighted by Crippen LogP contribution is 2.56. The quantitative estimate of drug-likeness (QED) is 0.519. The normalized spacial score (nSPS) is 47.8. The number of hydrogen-bond donors (Lipinski definition) is 0. The van der Waals surface area contributed by atoms with Crippen LogP contribution < -0.4 is 0 Å². The zero-order valence-corrected chi connectivity index (χ0v) is 7.96. The molecule has 0 amide bonds. The summed E-state index contributed by atoms with van der Waals surface area (Å²) in [6.07, 6.45) is 11.8. The number of Topliss-reactive ketones (excluding diaryl/α,β-unsaturated/α-hetero) is 1. The maximum atomic E-state index is 11.7. The lowest BCUT2D eigenvalue weighted by Gasteiger charge is -2.51. The molecular formula is C12H16O. The van der Waals surface area contributed by atoms with Gasteiger partial charge in [0.05, 0.1) is 0 Å². The van der Waals surface area contributed by atoms with E-state index in [0.717, 1.165) is 12.3 Å². The van der Waals surface area contributed by atoms with E-state index in [1.807, 2.05) is 0 Å². The van der Waals surface area contributed by atoms with Crippen LogP contribution in [0, 0.1) is 17.3 Å².